The Morgan fingerprint density at radius 2 is 2.19 bits per heavy atom. The zero-order chi connectivity index (χ0) is 15.6. The molecule has 0 aliphatic carbocycles. The number of anilines is 1. The number of rotatable bonds is 3. The summed E-state index contributed by atoms with van der Waals surface area (Å²) in [5.74, 6) is 0. The van der Waals surface area contributed by atoms with Crippen molar-refractivity contribution in [3.63, 3.8) is 0 Å². The Labute approximate surface area is 126 Å². The van der Waals surface area contributed by atoms with Crippen LogP contribution in [0.4, 0.5) is 14.2 Å². The fourth-order valence-corrected chi connectivity index (χ4v) is 2.71. The summed E-state index contributed by atoms with van der Waals surface area (Å²) in [4.78, 5) is 12.6. The molecule has 0 spiro atoms. The van der Waals surface area contributed by atoms with Crippen molar-refractivity contribution >= 4 is 22.4 Å². The summed E-state index contributed by atoms with van der Waals surface area (Å²) in [6.45, 7) is 4.82. The first-order valence-corrected chi connectivity index (χ1v) is 7.29. The van der Waals surface area contributed by atoms with Gasteiger partial charge in [-0.3, -0.25) is 10.00 Å². The van der Waals surface area contributed by atoms with Crippen LogP contribution < -0.4 is 5.32 Å². The summed E-state index contributed by atoms with van der Waals surface area (Å²) >= 11 is 1.38. The molecule has 2 rings (SSSR count). The van der Waals surface area contributed by atoms with Crippen molar-refractivity contribution < 1.29 is 13.9 Å². The summed E-state index contributed by atoms with van der Waals surface area (Å²) in [6.07, 6.45) is -0.495. The van der Waals surface area contributed by atoms with Gasteiger partial charge in [-0.25, -0.2) is 9.18 Å². The number of carbonyl (C=O) groups is 1. The zero-order valence-corrected chi connectivity index (χ0v) is 13.3. The molecular weight excluding hydrogens is 293 g/mol. The molecule has 0 saturated heterocycles. The highest BCUT2D eigenvalue weighted by Crippen LogP contribution is 2.31. The second-order valence-corrected chi connectivity index (χ2v) is 6.65. The van der Waals surface area contributed by atoms with Gasteiger partial charge in [0.1, 0.15) is 12.3 Å². The Morgan fingerprint density at radius 1 is 1.48 bits per heavy atom. The van der Waals surface area contributed by atoms with Crippen molar-refractivity contribution in [1.82, 2.24) is 9.78 Å². The van der Waals surface area contributed by atoms with Crippen LogP contribution in [-0.4, -0.2) is 21.5 Å². The van der Waals surface area contributed by atoms with Gasteiger partial charge < -0.3 is 4.74 Å². The molecule has 0 aliphatic heterocycles. The number of nitrogens with one attached hydrogen (secondary N) is 1. The van der Waals surface area contributed by atoms with Gasteiger partial charge >= 0.3 is 6.09 Å². The van der Waals surface area contributed by atoms with Crippen molar-refractivity contribution in [1.29, 1.82) is 0 Å². The fraction of sp³-hybridized carbons (Fsp3) is 0.429. The number of aromatic nitrogens is 2. The summed E-state index contributed by atoms with van der Waals surface area (Å²) < 4.78 is 19.4. The third kappa shape index (κ3) is 4.04. The van der Waals surface area contributed by atoms with E-state index in [0.717, 1.165) is 10.6 Å². The highest BCUT2D eigenvalue weighted by atomic mass is 32.1. The average Bonchev–Trinajstić information content (AvgIpc) is 2.93. The molecule has 2 aromatic heterocycles. The number of aryl methyl sites for hydroxylation is 1. The van der Waals surface area contributed by atoms with Gasteiger partial charge in [0.05, 0.1) is 21.3 Å². The van der Waals surface area contributed by atoms with Crippen LogP contribution in [0.25, 0.3) is 10.6 Å². The molecule has 0 saturated carbocycles. The van der Waals surface area contributed by atoms with Gasteiger partial charge in [0.2, 0.25) is 0 Å². The lowest BCUT2D eigenvalue weighted by molar-refractivity contribution is 0.0636. The topological polar surface area (TPSA) is 56.2 Å². The molecule has 2 heterocycles. The first kappa shape index (κ1) is 15.5. The Morgan fingerprint density at radius 3 is 2.76 bits per heavy atom. The molecule has 1 N–H and O–H groups in total. The van der Waals surface area contributed by atoms with Crippen LogP contribution >= 0.6 is 11.3 Å². The molecule has 2 aromatic rings. The van der Waals surface area contributed by atoms with Gasteiger partial charge in [-0.1, -0.05) is 0 Å². The molecule has 0 fully saturated rings. The van der Waals surface area contributed by atoms with E-state index in [1.165, 1.54) is 11.3 Å². The first-order valence-electron chi connectivity index (χ1n) is 6.47. The van der Waals surface area contributed by atoms with Crippen LogP contribution in [0.2, 0.25) is 0 Å². The SMILES string of the molecule is Cn1nc(CF)cc1-c1ccc(NC(=O)OC(C)(C)C)s1. The largest absolute Gasteiger partial charge is 0.444 e. The van der Waals surface area contributed by atoms with Crippen LogP contribution in [0.1, 0.15) is 26.5 Å². The van der Waals surface area contributed by atoms with Crippen molar-refractivity contribution in [2.24, 2.45) is 7.05 Å². The lowest BCUT2D eigenvalue weighted by atomic mass is 10.2. The molecule has 0 atom stereocenters. The van der Waals surface area contributed by atoms with E-state index < -0.39 is 18.4 Å². The predicted molar refractivity (Wildman–Crippen MR) is 81.2 cm³/mol. The summed E-state index contributed by atoms with van der Waals surface area (Å²) in [5.41, 5.74) is 0.662. The van der Waals surface area contributed by atoms with Gasteiger partial charge in [0, 0.05) is 7.05 Å². The lowest BCUT2D eigenvalue weighted by Crippen LogP contribution is -2.26. The van der Waals surface area contributed by atoms with Gasteiger partial charge in [-0.05, 0) is 39.0 Å². The number of thiophene rings is 1. The number of hydrogen-bond donors (Lipinski definition) is 1. The summed E-state index contributed by atoms with van der Waals surface area (Å²) in [5, 5.41) is 7.41. The third-order valence-electron chi connectivity index (χ3n) is 2.55. The van der Waals surface area contributed by atoms with Crippen LogP contribution in [-0.2, 0) is 18.5 Å². The minimum atomic E-state index is -0.595. The average molecular weight is 311 g/mol. The van der Waals surface area contributed by atoms with E-state index in [9.17, 15) is 9.18 Å². The Bertz CT molecular complexity index is 643. The third-order valence-corrected chi connectivity index (χ3v) is 3.57. The molecule has 0 aromatic carbocycles. The smallest absolute Gasteiger partial charge is 0.412 e. The summed E-state index contributed by atoms with van der Waals surface area (Å²) in [7, 11) is 1.76. The van der Waals surface area contributed by atoms with Gasteiger partial charge in [-0.15, -0.1) is 11.3 Å². The molecule has 7 heteroatoms. The number of alkyl halides is 1. The molecule has 5 nitrogen and oxygen atoms in total. The normalized spacial score (nSPS) is 11.5. The molecule has 114 valence electrons. The van der Waals surface area contributed by atoms with E-state index in [4.69, 9.17) is 4.74 Å². The number of ether oxygens (including phenoxy) is 1. The molecule has 1 amide bonds. The highest BCUT2D eigenvalue weighted by Gasteiger charge is 2.17. The van der Waals surface area contributed by atoms with Crippen molar-refractivity contribution in [2.45, 2.75) is 33.0 Å². The number of halogens is 1. The molecule has 0 aliphatic rings. The van der Waals surface area contributed by atoms with E-state index in [1.54, 1.807) is 44.6 Å². The first-order chi connectivity index (χ1) is 9.78. The van der Waals surface area contributed by atoms with Gasteiger partial charge in [0.25, 0.3) is 0 Å². The van der Waals surface area contributed by atoms with Gasteiger partial charge in [-0.2, -0.15) is 5.10 Å². The molecular formula is C14H18FN3O2S. The number of amides is 1. The van der Waals surface area contributed by atoms with Crippen LogP contribution in [0.3, 0.4) is 0 Å². The van der Waals surface area contributed by atoms with Crippen LogP contribution in [0.5, 0.6) is 0 Å². The minimum Gasteiger partial charge on any atom is -0.444 e. The number of hydrogen-bond acceptors (Lipinski definition) is 4. The Balaban J connectivity index is 2.11. The van der Waals surface area contributed by atoms with Crippen molar-refractivity contribution in [2.75, 3.05) is 5.32 Å². The van der Waals surface area contributed by atoms with E-state index in [2.05, 4.69) is 10.4 Å². The van der Waals surface area contributed by atoms with E-state index >= 15 is 0 Å². The number of carbonyl (C=O) groups excluding carboxylic acids is 1. The quantitative estimate of drug-likeness (QED) is 0.933. The Hall–Kier alpha value is -1.89. The molecule has 0 bridgehead atoms. The second kappa shape index (κ2) is 5.85. The highest BCUT2D eigenvalue weighted by molar-refractivity contribution is 7.19. The van der Waals surface area contributed by atoms with E-state index in [-0.39, 0.29) is 0 Å². The Kier molecular flexibility index (Phi) is 4.32. The second-order valence-electron chi connectivity index (χ2n) is 5.57. The van der Waals surface area contributed by atoms with Gasteiger partial charge in [0.15, 0.2) is 0 Å². The molecule has 0 radical (unpaired) electrons. The maximum atomic E-state index is 12.6. The monoisotopic (exact) mass is 311 g/mol. The van der Waals surface area contributed by atoms with Crippen molar-refractivity contribution in [3.05, 3.63) is 23.9 Å². The maximum absolute atomic E-state index is 12.6. The predicted octanol–water partition coefficient (Wildman–Crippen LogP) is 3.97. The standard InChI is InChI=1S/C14H18FN3O2S/c1-14(2,3)20-13(19)16-12-6-5-11(21-12)10-7-9(8-15)17-18(10)4/h5-7H,8H2,1-4H3,(H,16,19). The minimum absolute atomic E-state index is 0.391. The number of nitrogens with zero attached hydrogens (tertiary/aromatic N) is 2. The molecule has 0 unspecified atom stereocenters. The van der Waals surface area contributed by atoms with Crippen LogP contribution in [0.15, 0.2) is 18.2 Å². The molecule has 21 heavy (non-hydrogen) atoms. The zero-order valence-electron chi connectivity index (χ0n) is 12.4. The fourth-order valence-electron chi connectivity index (χ4n) is 1.77. The van der Waals surface area contributed by atoms with Crippen LogP contribution in [0, 0.1) is 0 Å². The van der Waals surface area contributed by atoms with E-state index in [1.807, 2.05) is 6.07 Å². The van der Waals surface area contributed by atoms with Crippen molar-refractivity contribution in [3.8, 4) is 10.6 Å². The maximum Gasteiger partial charge on any atom is 0.412 e. The summed E-state index contributed by atoms with van der Waals surface area (Å²) in [6, 6.07) is 5.34. The van der Waals surface area contributed by atoms with E-state index in [0.29, 0.717) is 10.7 Å². The lowest BCUT2D eigenvalue weighted by Gasteiger charge is -2.19.